The van der Waals surface area contributed by atoms with Gasteiger partial charge in [-0.2, -0.15) is 0 Å². The normalized spacial score (nSPS) is 7.78. The van der Waals surface area contributed by atoms with Crippen molar-refractivity contribution < 1.29 is 0 Å². The summed E-state index contributed by atoms with van der Waals surface area (Å²) in [6.07, 6.45) is 11.9. The van der Waals surface area contributed by atoms with Gasteiger partial charge in [-0.15, -0.1) is 6.42 Å². The smallest absolute Gasteiger partial charge is 0.104 e. The van der Waals surface area contributed by atoms with Crippen molar-refractivity contribution in [1.29, 1.82) is 0 Å². The van der Waals surface area contributed by atoms with Crippen LogP contribution in [-0.4, -0.2) is 4.57 Å². The first-order valence-corrected chi connectivity index (χ1v) is 2.49. The highest BCUT2D eigenvalue weighted by Gasteiger charge is 1.89. The van der Waals surface area contributed by atoms with Crippen LogP contribution in [0.25, 0.3) is 0 Å². The first-order valence-electron chi connectivity index (χ1n) is 2.49. The average Bonchev–Trinajstić information content (AvgIpc) is 2.33. The van der Waals surface area contributed by atoms with E-state index in [4.69, 9.17) is 12.8 Å². The molecule has 1 nitrogen and oxygen atoms in total. The summed E-state index contributed by atoms with van der Waals surface area (Å²) in [7, 11) is 0. The molecule has 0 aliphatic rings. The van der Waals surface area contributed by atoms with Gasteiger partial charge in [-0.3, -0.25) is 4.57 Å². The Morgan fingerprint density at radius 3 is 2.67 bits per heavy atom. The molecule has 0 saturated carbocycles. The highest BCUT2D eigenvalue weighted by molar-refractivity contribution is 5.29. The standard InChI is InChI=1S/C8H5N/c1-3-8-6-5-7-9(8)4-2/h1-2,5-7H. The summed E-state index contributed by atoms with van der Waals surface area (Å²) < 4.78 is 1.56. The third-order valence-corrected chi connectivity index (χ3v) is 1.04. The largest absolute Gasteiger partial charge is 0.269 e. The van der Waals surface area contributed by atoms with Crippen molar-refractivity contribution in [2.45, 2.75) is 0 Å². The van der Waals surface area contributed by atoms with Gasteiger partial charge in [-0.1, -0.05) is 12.3 Å². The second-order valence-corrected chi connectivity index (χ2v) is 1.54. The molecule has 0 bridgehead atoms. The van der Waals surface area contributed by atoms with E-state index in [1.807, 2.05) is 6.07 Å². The van der Waals surface area contributed by atoms with E-state index in [1.165, 1.54) is 0 Å². The molecule has 1 heterocycles. The zero-order chi connectivity index (χ0) is 6.69. The molecule has 1 aromatic heterocycles. The lowest BCUT2D eigenvalue weighted by molar-refractivity contribution is 1.12. The second-order valence-electron chi connectivity index (χ2n) is 1.54. The molecule has 0 atom stereocenters. The molecule has 0 aliphatic heterocycles. The SMILES string of the molecule is C#Cc1cccn1C#C. The van der Waals surface area contributed by atoms with Gasteiger partial charge in [0.15, 0.2) is 0 Å². The predicted octanol–water partition coefficient (Wildman–Crippen LogP) is 0.908. The van der Waals surface area contributed by atoms with Crippen LogP contribution in [0.1, 0.15) is 5.69 Å². The number of terminal acetylenes is 2. The summed E-state index contributed by atoms with van der Waals surface area (Å²) in [5.41, 5.74) is 0.720. The van der Waals surface area contributed by atoms with Crippen molar-refractivity contribution in [2.24, 2.45) is 0 Å². The molecule has 0 fully saturated rings. The molecular weight excluding hydrogens is 110 g/mol. The van der Waals surface area contributed by atoms with Gasteiger partial charge < -0.3 is 0 Å². The Bertz CT molecular complexity index is 252. The van der Waals surface area contributed by atoms with E-state index in [0.717, 1.165) is 5.69 Å². The van der Waals surface area contributed by atoms with E-state index in [0.29, 0.717) is 0 Å². The van der Waals surface area contributed by atoms with Gasteiger partial charge in [-0.25, -0.2) is 0 Å². The third-order valence-electron chi connectivity index (χ3n) is 1.04. The quantitative estimate of drug-likeness (QED) is 0.443. The van der Waals surface area contributed by atoms with Crippen LogP contribution in [0, 0.1) is 24.8 Å². The molecule has 42 valence electrons. The average molecular weight is 115 g/mol. The zero-order valence-electron chi connectivity index (χ0n) is 4.83. The van der Waals surface area contributed by atoms with Crippen LogP contribution in [0.2, 0.25) is 0 Å². The summed E-state index contributed by atoms with van der Waals surface area (Å²) >= 11 is 0. The van der Waals surface area contributed by atoms with Crippen LogP contribution in [0.3, 0.4) is 0 Å². The molecule has 0 unspecified atom stereocenters. The lowest BCUT2D eigenvalue weighted by Gasteiger charge is -1.87. The molecule has 1 rings (SSSR count). The minimum absolute atomic E-state index is 0.720. The fourth-order valence-electron chi connectivity index (χ4n) is 0.611. The van der Waals surface area contributed by atoms with Crippen LogP contribution in [0.15, 0.2) is 18.3 Å². The minimum Gasteiger partial charge on any atom is -0.269 e. The van der Waals surface area contributed by atoms with Gasteiger partial charge in [-0.05, 0) is 12.1 Å². The molecule has 0 saturated heterocycles. The van der Waals surface area contributed by atoms with Crippen LogP contribution in [0.5, 0.6) is 0 Å². The maximum atomic E-state index is 5.10. The lowest BCUT2D eigenvalue weighted by Crippen LogP contribution is -1.87. The summed E-state index contributed by atoms with van der Waals surface area (Å²) in [4.78, 5) is 0. The maximum absolute atomic E-state index is 5.10. The first kappa shape index (κ1) is 5.54. The van der Waals surface area contributed by atoms with E-state index >= 15 is 0 Å². The van der Waals surface area contributed by atoms with E-state index in [2.05, 4.69) is 12.0 Å². The molecule has 0 N–H and O–H groups in total. The molecule has 0 amide bonds. The monoisotopic (exact) mass is 115 g/mol. The number of nitrogens with zero attached hydrogens (tertiary/aromatic N) is 1. The summed E-state index contributed by atoms with van der Waals surface area (Å²) in [6, 6.07) is 6.01. The van der Waals surface area contributed by atoms with Gasteiger partial charge in [0.05, 0.1) is 0 Å². The van der Waals surface area contributed by atoms with Crippen molar-refractivity contribution in [1.82, 2.24) is 4.57 Å². The Labute approximate surface area is 54.3 Å². The number of hydrogen-bond donors (Lipinski definition) is 0. The zero-order valence-corrected chi connectivity index (χ0v) is 4.83. The Hall–Kier alpha value is -1.60. The topological polar surface area (TPSA) is 4.93 Å². The Morgan fingerprint density at radius 1 is 1.44 bits per heavy atom. The fourth-order valence-corrected chi connectivity index (χ4v) is 0.611. The summed E-state index contributed by atoms with van der Waals surface area (Å²) in [6.45, 7) is 0. The number of hydrogen-bond acceptors (Lipinski definition) is 0. The highest BCUT2D eigenvalue weighted by atomic mass is 14.9. The van der Waals surface area contributed by atoms with Gasteiger partial charge in [0.1, 0.15) is 5.69 Å². The molecule has 0 spiro atoms. The second kappa shape index (κ2) is 2.11. The van der Waals surface area contributed by atoms with Crippen molar-refractivity contribution in [3.8, 4) is 24.8 Å². The van der Waals surface area contributed by atoms with Crippen LogP contribution < -0.4 is 0 Å². The van der Waals surface area contributed by atoms with E-state index in [9.17, 15) is 0 Å². The molecule has 1 aromatic rings. The molecule has 0 radical (unpaired) electrons. The van der Waals surface area contributed by atoms with Gasteiger partial charge >= 0.3 is 0 Å². The van der Waals surface area contributed by atoms with Crippen molar-refractivity contribution in [3.63, 3.8) is 0 Å². The summed E-state index contributed by atoms with van der Waals surface area (Å²) in [5, 5.41) is 0. The van der Waals surface area contributed by atoms with Crippen molar-refractivity contribution >= 4 is 0 Å². The van der Waals surface area contributed by atoms with Crippen LogP contribution in [0.4, 0.5) is 0 Å². The predicted molar refractivity (Wildman–Crippen MR) is 36.6 cm³/mol. The number of aromatic nitrogens is 1. The molecule has 0 aliphatic carbocycles. The summed E-state index contributed by atoms with van der Waals surface area (Å²) in [5.74, 6) is 2.45. The number of rotatable bonds is 0. The third kappa shape index (κ3) is 0.806. The van der Waals surface area contributed by atoms with Crippen LogP contribution in [-0.2, 0) is 0 Å². The molecule has 1 heteroatoms. The van der Waals surface area contributed by atoms with E-state index in [-0.39, 0.29) is 0 Å². The molecule has 0 aromatic carbocycles. The Kier molecular flexibility index (Phi) is 1.30. The van der Waals surface area contributed by atoms with Crippen molar-refractivity contribution in [3.05, 3.63) is 24.0 Å². The van der Waals surface area contributed by atoms with E-state index in [1.54, 1.807) is 16.8 Å². The van der Waals surface area contributed by atoms with E-state index < -0.39 is 0 Å². The Morgan fingerprint density at radius 2 is 2.22 bits per heavy atom. The van der Waals surface area contributed by atoms with Crippen molar-refractivity contribution in [2.75, 3.05) is 0 Å². The van der Waals surface area contributed by atoms with Gasteiger partial charge in [0, 0.05) is 12.2 Å². The first-order chi connectivity index (χ1) is 4.38. The molecular formula is C8H5N. The Balaban J connectivity index is 3.22. The highest BCUT2D eigenvalue weighted by Crippen LogP contribution is 1.95. The minimum atomic E-state index is 0.720. The van der Waals surface area contributed by atoms with Gasteiger partial charge in [0.2, 0.25) is 0 Å². The lowest BCUT2D eigenvalue weighted by atomic mass is 10.4. The fraction of sp³-hybridized carbons (Fsp3) is 0. The molecule has 9 heavy (non-hydrogen) atoms. The van der Waals surface area contributed by atoms with Gasteiger partial charge in [0.25, 0.3) is 0 Å². The maximum Gasteiger partial charge on any atom is 0.104 e. The van der Waals surface area contributed by atoms with Crippen LogP contribution >= 0.6 is 0 Å².